The van der Waals surface area contributed by atoms with E-state index in [2.05, 4.69) is 20.3 Å². The van der Waals surface area contributed by atoms with Gasteiger partial charge in [0.1, 0.15) is 29.3 Å². The second-order valence-corrected chi connectivity index (χ2v) is 6.56. The number of aromatic nitrogens is 4. The molecule has 6 heteroatoms. The summed E-state index contributed by atoms with van der Waals surface area (Å²) in [5.74, 6) is 2.64. The van der Waals surface area contributed by atoms with Crippen LogP contribution in [0.2, 0.25) is 0 Å². The Kier molecular flexibility index (Phi) is 3.95. The fourth-order valence-corrected chi connectivity index (χ4v) is 2.98. The molecule has 128 valence electrons. The van der Waals surface area contributed by atoms with Gasteiger partial charge in [-0.05, 0) is 37.5 Å². The highest BCUT2D eigenvalue weighted by Gasteiger charge is 2.27. The highest BCUT2D eigenvalue weighted by molar-refractivity contribution is 5.43. The minimum atomic E-state index is -0.294. The van der Waals surface area contributed by atoms with Gasteiger partial charge in [-0.25, -0.2) is 19.3 Å². The van der Waals surface area contributed by atoms with Gasteiger partial charge in [0.25, 0.3) is 0 Å². The van der Waals surface area contributed by atoms with E-state index in [4.69, 9.17) is 0 Å². The molecule has 2 aromatic heterocycles. The van der Waals surface area contributed by atoms with Gasteiger partial charge < -0.3 is 9.88 Å². The molecule has 0 radical (unpaired) electrons. The quantitative estimate of drug-likeness (QED) is 0.771. The predicted molar refractivity (Wildman–Crippen MR) is 93.8 cm³/mol. The van der Waals surface area contributed by atoms with Crippen molar-refractivity contribution in [1.82, 2.24) is 19.5 Å². The van der Waals surface area contributed by atoms with Crippen LogP contribution in [0.5, 0.6) is 0 Å². The monoisotopic (exact) mass is 337 g/mol. The molecule has 3 aromatic rings. The second-order valence-electron chi connectivity index (χ2n) is 6.56. The van der Waals surface area contributed by atoms with Crippen molar-refractivity contribution >= 4 is 5.82 Å². The van der Waals surface area contributed by atoms with Crippen molar-refractivity contribution in [1.29, 1.82) is 0 Å². The first kappa shape index (κ1) is 15.7. The maximum Gasteiger partial charge on any atom is 0.135 e. The third-order valence-corrected chi connectivity index (χ3v) is 4.40. The highest BCUT2D eigenvalue weighted by atomic mass is 19.1. The van der Waals surface area contributed by atoms with Gasteiger partial charge in [0.05, 0.1) is 0 Å². The first-order chi connectivity index (χ1) is 12.1. The van der Waals surface area contributed by atoms with Gasteiger partial charge in [0, 0.05) is 37.1 Å². The van der Waals surface area contributed by atoms with E-state index in [0.29, 0.717) is 5.92 Å². The number of halogens is 1. The van der Waals surface area contributed by atoms with Crippen LogP contribution < -0.4 is 5.32 Å². The Morgan fingerprint density at radius 3 is 2.76 bits per heavy atom. The van der Waals surface area contributed by atoms with Crippen LogP contribution in [0.25, 0.3) is 0 Å². The average molecular weight is 337 g/mol. The molecule has 25 heavy (non-hydrogen) atoms. The normalized spacial score (nSPS) is 15.2. The Bertz CT molecular complexity index is 900. The van der Waals surface area contributed by atoms with E-state index in [0.717, 1.165) is 41.6 Å². The lowest BCUT2D eigenvalue weighted by Crippen LogP contribution is -2.18. The Labute approximate surface area is 146 Å². The number of benzene rings is 1. The van der Waals surface area contributed by atoms with Crippen molar-refractivity contribution in [2.45, 2.75) is 31.7 Å². The minimum absolute atomic E-state index is 0.268. The molecule has 0 spiro atoms. The first-order valence-electron chi connectivity index (χ1n) is 8.45. The molecule has 1 atom stereocenters. The largest absolute Gasteiger partial charge is 0.356 e. The molecule has 4 rings (SSSR count). The van der Waals surface area contributed by atoms with Crippen molar-refractivity contribution in [3.63, 3.8) is 0 Å². The maximum atomic E-state index is 13.8. The van der Waals surface area contributed by atoms with Gasteiger partial charge in [-0.15, -0.1) is 0 Å². The lowest BCUT2D eigenvalue weighted by molar-refractivity contribution is 0.622. The van der Waals surface area contributed by atoms with Crippen LogP contribution >= 0.6 is 0 Å². The number of imidazole rings is 1. The zero-order chi connectivity index (χ0) is 17.4. The smallest absolute Gasteiger partial charge is 0.135 e. The predicted octanol–water partition coefficient (Wildman–Crippen LogP) is 3.74. The molecule has 5 nitrogen and oxygen atoms in total. The summed E-state index contributed by atoms with van der Waals surface area (Å²) in [5, 5.41) is 3.43. The second kappa shape index (κ2) is 6.27. The molecular formula is C19H20FN5. The van der Waals surface area contributed by atoms with E-state index in [-0.39, 0.29) is 11.9 Å². The summed E-state index contributed by atoms with van der Waals surface area (Å²) in [4.78, 5) is 13.7. The summed E-state index contributed by atoms with van der Waals surface area (Å²) in [7, 11) is 1.93. The molecule has 1 saturated carbocycles. The number of hydrogen-bond donors (Lipinski definition) is 1. The summed E-state index contributed by atoms with van der Waals surface area (Å²) in [6.45, 7) is 1.97. The van der Waals surface area contributed by atoms with E-state index >= 15 is 0 Å². The van der Waals surface area contributed by atoms with E-state index in [1.54, 1.807) is 12.3 Å². The van der Waals surface area contributed by atoms with Crippen LogP contribution in [0.1, 0.15) is 47.7 Å². The number of aryl methyl sites for hydroxylation is 2. The molecule has 0 bridgehead atoms. The summed E-state index contributed by atoms with van der Waals surface area (Å²) < 4.78 is 15.7. The molecular weight excluding hydrogens is 317 g/mol. The Morgan fingerprint density at radius 2 is 2.08 bits per heavy atom. The Morgan fingerprint density at radius 1 is 1.24 bits per heavy atom. The zero-order valence-corrected chi connectivity index (χ0v) is 14.3. The van der Waals surface area contributed by atoms with Crippen LogP contribution in [-0.4, -0.2) is 19.5 Å². The van der Waals surface area contributed by atoms with Gasteiger partial charge in [-0.3, -0.25) is 0 Å². The van der Waals surface area contributed by atoms with Gasteiger partial charge in [-0.1, -0.05) is 12.1 Å². The number of rotatable bonds is 5. The molecule has 1 N–H and O–H groups in total. The average Bonchev–Trinajstić information content (AvgIpc) is 3.35. The summed E-state index contributed by atoms with van der Waals surface area (Å²) >= 11 is 0. The fraction of sp³-hybridized carbons (Fsp3) is 0.316. The van der Waals surface area contributed by atoms with E-state index in [9.17, 15) is 4.39 Å². The van der Waals surface area contributed by atoms with E-state index in [1.165, 1.54) is 12.1 Å². The molecule has 1 aliphatic carbocycles. The van der Waals surface area contributed by atoms with Crippen LogP contribution in [0.4, 0.5) is 10.2 Å². The number of hydrogen-bond acceptors (Lipinski definition) is 4. The van der Waals surface area contributed by atoms with Gasteiger partial charge in [0.2, 0.25) is 0 Å². The molecule has 1 aliphatic rings. The number of nitrogens with one attached hydrogen (secondary N) is 1. The van der Waals surface area contributed by atoms with Crippen LogP contribution in [-0.2, 0) is 7.05 Å². The van der Waals surface area contributed by atoms with Gasteiger partial charge in [-0.2, -0.15) is 0 Å². The topological polar surface area (TPSA) is 55.6 Å². The molecule has 0 amide bonds. The number of nitrogens with zero attached hydrogens (tertiary/aromatic N) is 4. The van der Waals surface area contributed by atoms with Crippen LogP contribution in [0.3, 0.4) is 0 Å². The molecule has 1 aromatic carbocycles. The fourth-order valence-electron chi connectivity index (χ4n) is 2.98. The maximum absolute atomic E-state index is 13.8. The van der Waals surface area contributed by atoms with Gasteiger partial charge >= 0.3 is 0 Å². The molecule has 0 unspecified atom stereocenters. The Balaban J connectivity index is 1.73. The molecule has 1 fully saturated rings. The summed E-state index contributed by atoms with van der Waals surface area (Å²) in [6, 6.07) is 8.20. The van der Waals surface area contributed by atoms with Crippen molar-refractivity contribution in [3.8, 4) is 0 Å². The molecule has 0 aliphatic heterocycles. The van der Waals surface area contributed by atoms with Crippen molar-refractivity contribution < 1.29 is 4.39 Å². The van der Waals surface area contributed by atoms with Crippen LogP contribution in [0.15, 0.2) is 42.7 Å². The zero-order valence-electron chi connectivity index (χ0n) is 14.3. The third kappa shape index (κ3) is 3.38. The first-order valence-corrected chi connectivity index (χ1v) is 8.45. The van der Waals surface area contributed by atoms with E-state index in [1.807, 2.05) is 36.9 Å². The molecule has 2 heterocycles. The van der Waals surface area contributed by atoms with Crippen molar-refractivity contribution in [3.05, 3.63) is 71.4 Å². The lowest BCUT2D eigenvalue weighted by atomic mass is 10.1. The van der Waals surface area contributed by atoms with Crippen LogP contribution in [0, 0.1) is 12.7 Å². The van der Waals surface area contributed by atoms with Crippen molar-refractivity contribution in [2.75, 3.05) is 5.32 Å². The third-order valence-electron chi connectivity index (χ3n) is 4.40. The Hall–Kier alpha value is -2.76. The van der Waals surface area contributed by atoms with Gasteiger partial charge in [0.15, 0.2) is 0 Å². The SMILES string of the molecule is Cc1cc(N[C@@H](c2cccc(F)c2)c2nccn2C)nc(C2CC2)n1. The summed E-state index contributed by atoms with van der Waals surface area (Å²) in [6.07, 6.45) is 5.92. The van der Waals surface area contributed by atoms with E-state index < -0.39 is 0 Å². The summed E-state index contributed by atoms with van der Waals surface area (Å²) in [5.41, 5.74) is 1.73. The molecule has 0 saturated heterocycles. The number of anilines is 1. The standard InChI is InChI=1S/C19H20FN5/c1-12-10-16(24-18(22-12)13-6-7-13)23-17(19-21-8-9-25(19)2)14-4-3-5-15(20)11-14/h3-5,8-11,13,17H,6-7H2,1-2H3,(H,22,23,24)/t17-/m0/s1. The lowest BCUT2D eigenvalue weighted by Gasteiger charge is -2.20. The highest BCUT2D eigenvalue weighted by Crippen LogP contribution is 2.38. The van der Waals surface area contributed by atoms with Crippen molar-refractivity contribution in [2.24, 2.45) is 7.05 Å². The minimum Gasteiger partial charge on any atom is -0.356 e.